The van der Waals surface area contributed by atoms with Crippen LogP contribution in [-0.2, 0) is 4.79 Å². The van der Waals surface area contributed by atoms with Crippen LogP contribution in [0.2, 0.25) is 0 Å². The van der Waals surface area contributed by atoms with Crippen molar-refractivity contribution in [3.63, 3.8) is 0 Å². The third kappa shape index (κ3) is 4.26. The van der Waals surface area contributed by atoms with Gasteiger partial charge in [0.15, 0.2) is 0 Å². The summed E-state index contributed by atoms with van der Waals surface area (Å²) >= 11 is 0. The first-order valence-corrected chi connectivity index (χ1v) is 5.10. The predicted molar refractivity (Wildman–Crippen MR) is 54.3 cm³/mol. The number of carbonyl (C=O) groups is 2. The Bertz CT molecular complexity index is 245. The van der Waals surface area contributed by atoms with Gasteiger partial charge < -0.3 is 10.4 Å². The van der Waals surface area contributed by atoms with E-state index < -0.39 is 6.03 Å². The molecule has 1 atom stereocenters. The van der Waals surface area contributed by atoms with Crippen LogP contribution in [-0.4, -0.2) is 54.2 Å². The molecule has 86 valence electrons. The number of likely N-dealkylation sites (tertiary alicyclic amines) is 1. The second-order valence-corrected chi connectivity index (χ2v) is 3.59. The molecule has 1 saturated heterocycles. The lowest BCUT2D eigenvalue weighted by Crippen LogP contribution is -2.44. The summed E-state index contributed by atoms with van der Waals surface area (Å²) in [5.41, 5.74) is 0. The monoisotopic (exact) mass is 215 g/mol. The van der Waals surface area contributed by atoms with Crippen LogP contribution in [0, 0.1) is 0 Å². The molecule has 0 bridgehead atoms. The Morgan fingerprint density at radius 2 is 2.27 bits per heavy atom. The maximum Gasteiger partial charge on any atom is 0.321 e. The maximum atomic E-state index is 11.3. The van der Waals surface area contributed by atoms with Gasteiger partial charge in [-0.1, -0.05) is 0 Å². The highest BCUT2D eigenvalue weighted by Crippen LogP contribution is 2.07. The van der Waals surface area contributed by atoms with Crippen molar-refractivity contribution in [1.82, 2.24) is 15.5 Å². The van der Waals surface area contributed by atoms with Crippen molar-refractivity contribution in [2.45, 2.75) is 19.4 Å². The maximum absolute atomic E-state index is 11.3. The molecule has 0 radical (unpaired) electrons. The number of imide groups is 1. The number of nitrogens with one attached hydrogen (secondary N) is 2. The smallest absolute Gasteiger partial charge is 0.321 e. The number of aliphatic hydroxyl groups excluding tert-OH is 1. The predicted octanol–water partition coefficient (Wildman–Crippen LogP) is -1.10. The lowest BCUT2D eigenvalue weighted by atomic mass is 10.3. The number of β-amino-alcohol motifs (C(OH)–C–C–N with tert-alkyl or cyclic N) is 1. The van der Waals surface area contributed by atoms with Crippen molar-refractivity contribution in [3.05, 3.63) is 0 Å². The van der Waals surface area contributed by atoms with E-state index in [4.69, 9.17) is 0 Å². The van der Waals surface area contributed by atoms with Crippen LogP contribution in [0.1, 0.15) is 13.3 Å². The van der Waals surface area contributed by atoms with Gasteiger partial charge in [-0.15, -0.1) is 0 Å². The van der Waals surface area contributed by atoms with Gasteiger partial charge in [-0.25, -0.2) is 4.79 Å². The van der Waals surface area contributed by atoms with Gasteiger partial charge in [0.1, 0.15) is 0 Å². The second-order valence-electron chi connectivity index (χ2n) is 3.59. The highest BCUT2D eigenvalue weighted by atomic mass is 16.3. The molecule has 6 heteroatoms. The molecule has 1 fully saturated rings. The lowest BCUT2D eigenvalue weighted by Gasteiger charge is -2.13. The van der Waals surface area contributed by atoms with E-state index in [-0.39, 0.29) is 18.6 Å². The number of urea groups is 1. The highest BCUT2D eigenvalue weighted by molar-refractivity contribution is 5.95. The molecule has 0 aliphatic carbocycles. The third-order valence-corrected chi connectivity index (χ3v) is 2.20. The molecule has 0 saturated carbocycles. The lowest BCUT2D eigenvalue weighted by molar-refractivity contribution is -0.121. The number of carbonyl (C=O) groups excluding carboxylic acids is 2. The van der Waals surface area contributed by atoms with E-state index in [0.717, 1.165) is 0 Å². The minimum atomic E-state index is -0.470. The molecule has 1 aliphatic rings. The number of hydrogen-bond donors (Lipinski definition) is 3. The van der Waals surface area contributed by atoms with Crippen LogP contribution >= 0.6 is 0 Å². The molecule has 0 unspecified atom stereocenters. The average Bonchev–Trinajstić information content (AvgIpc) is 2.51. The molecule has 1 rings (SSSR count). The number of rotatable bonds is 3. The Morgan fingerprint density at radius 3 is 2.80 bits per heavy atom. The van der Waals surface area contributed by atoms with E-state index in [0.29, 0.717) is 26.1 Å². The first-order valence-electron chi connectivity index (χ1n) is 5.10. The van der Waals surface area contributed by atoms with Crippen LogP contribution < -0.4 is 10.6 Å². The minimum absolute atomic E-state index is 0.161. The number of aliphatic hydroxyl groups is 1. The van der Waals surface area contributed by atoms with E-state index >= 15 is 0 Å². The second kappa shape index (κ2) is 5.67. The van der Waals surface area contributed by atoms with Gasteiger partial charge >= 0.3 is 6.03 Å². The van der Waals surface area contributed by atoms with Crippen LogP contribution in [0.4, 0.5) is 4.79 Å². The zero-order chi connectivity index (χ0) is 11.3. The summed E-state index contributed by atoms with van der Waals surface area (Å²) in [5, 5.41) is 13.9. The fourth-order valence-corrected chi connectivity index (χ4v) is 1.53. The average molecular weight is 215 g/mol. The molecule has 0 aromatic rings. The SMILES string of the molecule is CCNC(=O)NC(=O)CN1CC[C@@H](O)C1. The van der Waals surface area contributed by atoms with Gasteiger partial charge in [0.05, 0.1) is 12.6 Å². The van der Waals surface area contributed by atoms with Gasteiger partial charge in [0.25, 0.3) is 0 Å². The van der Waals surface area contributed by atoms with Crippen molar-refractivity contribution in [1.29, 1.82) is 0 Å². The fraction of sp³-hybridized carbons (Fsp3) is 0.778. The Morgan fingerprint density at radius 1 is 1.53 bits per heavy atom. The Labute approximate surface area is 88.6 Å². The Hall–Kier alpha value is -1.14. The summed E-state index contributed by atoms with van der Waals surface area (Å²) < 4.78 is 0. The zero-order valence-electron chi connectivity index (χ0n) is 8.82. The molecule has 0 spiro atoms. The summed E-state index contributed by atoms with van der Waals surface area (Å²) in [5.74, 6) is -0.338. The van der Waals surface area contributed by atoms with Crippen molar-refractivity contribution < 1.29 is 14.7 Å². The molecule has 0 aromatic heterocycles. The standard InChI is InChI=1S/C9H17N3O3/c1-2-10-9(15)11-8(14)6-12-4-3-7(13)5-12/h7,13H,2-6H2,1H3,(H2,10,11,14,15)/t7-/m1/s1. The Balaban J connectivity index is 2.21. The minimum Gasteiger partial charge on any atom is -0.392 e. The van der Waals surface area contributed by atoms with Crippen LogP contribution in [0.3, 0.4) is 0 Å². The fourth-order valence-electron chi connectivity index (χ4n) is 1.53. The van der Waals surface area contributed by atoms with Gasteiger partial charge in [-0.2, -0.15) is 0 Å². The summed E-state index contributed by atoms with van der Waals surface area (Å²) in [4.78, 5) is 24.1. The number of amides is 3. The van der Waals surface area contributed by atoms with Crippen LogP contribution in [0.25, 0.3) is 0 Å². The van der Waals surface area contributed by atoms with E-state index in [1.54, 1.807) is 6.92 Å². The number of nitrogens with zero attached hydrogens (tertiary/aromatic N) is 1. The van der Waals surface area contributed by atoms with Gasteiger partial charge in [0.2, 0.25) is 5.91 Å². The topological polar surface area (TPSA) is 81.7 Å². The summed E-state index contributed by atoms with van der Waals surface area (Å²) in [6.45, 7) is 3.63. The summed E-state index contributed by atoms with van der Waals surface area (Å²) in [6, 6.07) is -0.470. The Kier molecular flexibility index (Phi) is 4.51. The van der Waals surface area contributed by atoms with Crippen molar-refractivity contribution in [2.75, 3.05) is 26.2 Å². The molecule has 3 N–H and O–H groups in total. The zero-order valence-corrected chi connectivity index (χ0v) is 8.82. The molecule has 15 heavy (non-hydrogen) atoms. The van der Waals surface area contributed by atoms with Gasteiger partial charge in [-0.3, -0.25) is 15.0 Å². The highest BCUT2D eigenvalue weighted by Gasteiger charge is 2.22. The molecule has 1 heterocycles. The van der Waals surface area contributed by atoms with E-state index in [9.17, 15) is 14.7 Å². The quantitative estimate of drug-likeness (QED) is 0.558. The molecular formula is C9H17N3O3. The van der Waals surface area contributed by atoms with E-state index in [2.05, 4.69) is 10.6 Å². The van der Waals surface area contributed by atoms with Gasteiger partial charge in [-0.05, 0) is 13.3 Å². The molecule has 3 amide bonds. The first-order chi connectivity index (χ1) is 7.11. The normalized spacial score (nSPS) is 21.3. The van der Waals surface area contributed by atoms with Crippen LogP contribution in [0.5, 0.6) is 0 Å². The van der Waals surface area contributed by atoms with Gasteiger partial charge in [0, 0.05) is 19.6 Å². The number of hydrogen-bond acceptors (Lipinski definition) is 4. The van der Waals surface area contributed by atoms with E-state index in [1.165, 1.54) is 0 Å². The van der Waals surface area contributed by atoms with Crippen molar-refractivity contribution >= 4 is 11.9 Å². The largest absolute Gasteiger partial charge is 0.392 e. The molecule has 6 nitrogen and oxygen atoms in total. The van der Waals surface area contributed by atoms with Crippen molar-refractivity contribution in [2.24, 2.45) is 0 Å². The molecule has 1 aliphatic heterocycles. The van der Waals surface area contributed by atoms with E-state index in [1.807, 2.05) is 4.90 Å². The summed E-state index contributed by atoms with van der Waals surface area (Å²) in [7, 11) is 0. The van der Waals surface area contributed by atoms with Crippen LogP contribution in [0.15, 0.2) is 0 Å². The summed E-state index contributed by atoms with van der Waals surface area (Å²) in [6.07, 6.45) is 0.344. The molecule has 0 aromatic carbocycles. The first kappa shape index (κ1) is 11.9. The van der Waals surface area contributed by atoms with Crippen molar-refractivity contribution in [3.8, 4) is 0 Å². The molecular weight excluding hydrogens is 198 g/mol. The third-order valence-electron chi connectivity index (χ3n) is 2.20.